The number of benzene rings is 2. The Bertz CT molecular complexity index is 1010. The molecule has 0 fully saturated rings. The van der Waals surface area contributed by atoms with E-state index in [0.717, 1.165) is 23.4 Å². The third-order valence-electron chi connectivity index (χ3n) is 6.05. The highest BCUT2D eigenvalue weighted by Crippen LogP contribution is 2.24. The normalized spacial score (nSPS) is 23.4. The maximum atomic E-state index is 12.9. The molecule has 0 aromatic heterocycles. The highest BCUT2D eigenvalue weighted by Gasteiger charge is 2.33. The van der Waals surface area contributed by atoms with Crippen molar-refractivity contribution in [3.8, 4) is 0 Å². The van der Waals surface area contributed by atoms with E-state index < -0.39 is 6.04 Å². The van der Waals surface area contributed by atoms with Gasteiger partial charge in [0.2, 0.25) is 5.91 Å². The molecule has 3 atom stereocenters. The molecule has 30 heavy (non-hydrogen) atoms. The highest BCUT2D eigenvalue weighted by atomic mass is 16.2. The van der Waals surface area contributed by atoms with Crippen LogP contribution in [0.2, 0.25) is 0 Å². The second-order valence-electron chi connectivity index (χ2n) is 8.03. The third-order valence-corrected chi connectivity index (χ3v) is 6.05. The molecule has 2 heterocycles. The minimum atomic E-state index is -0.593. The molecule has 6 heteroatoms. The Kier molecular flexibility index (Phi) is 5.74. The van der Waals surface area contributed by atoms with Gasteiger partial charge >= 0.3 is 0 Å². The van der Waals surface area contributed by atoms with Crippen LogP contribution < -0.4 is 10.6 Å². The van der Waals surface area contributed by atoms with Gasteiger partial charge in [-0.25, -0.2) is 0 Å². The van der Waals surface area contributed by atoms with Gasteiger partial charge in [-0.05, 0) is 30.0 Å². The van der Waals surface area contributed by atoms with E-state index in [0.29, 0.717) is 18.6 Å². The second kappa shape index (κ2) is 8.61. The molecule has 0 saturated carbocycles. The Hall–Kier alpha value is -3.28. The number of anilines is 1. The van der Waals surface area contributed by atoms with Crippen LogP contribution in [0.25, 0.3) is 0 Å². The maximum absolute atomic E-state index is 12.9. The van der Waals surface area contributed by atoms with Gasteiger partial charge in [0.15, 0.2) is 0 Å². The summed E-state index contributed by atoms with van der Waals surface area (Å²) >= 11 is 0. The minimum Gasteiger partial charge on any atom is -0.339 e. The lowest BCUT2D eigenvalue weighted by atomic mass is 9.84. The fourth-order valence-electron chi connectivity index (χ4n) is 3.96. The summed E-state index contributed by atoms with van der Waals surface area (Å²) in [4.78, 5) is 25.5. The van der Waals surface area contributed by atoms with Crippen molar-refractivity contribution in [2.24, 2.45) is 22.0 Å². The van der Waals surface area contributed by atoms with Gasteiger partial charge in [0, 0.05) is 29.7 Å². The lowest BCUT2D eigenvalue weighted by molar-refractivity contribution is -0.123. The first-order valence-electron chi connectivity index (χ1n) is 10.4. The van der Waals surface area contributed by atoms with E-state index in [4.69, 9.17) is 0 Å². The number of fused-ring (bicyclic) bond motifs is 1. The van der Waals surface area contributed by atoms with Gasteiger partial charge in [0.25, 0.3) is 5.91 Å². The Morgan fingerprint density at radius 1 is 1.03 bits per heavy atom. The van der Waals surface area contributed by atoms with E-state index in [1.165, 1.54) is 5.56 Å². The van der Waals surface area contributed by atoms with Crippen LogP contribution in [0, 0.1) is 11.8 Å². The molecule has 2 N–H and O–H groups in total. The molecule has 2 aliphatic rings. The molecule has 4 rings (SSSR count). The molecule has 154 valence electrons. The molecule has 2 aromatic carbocycles. The molecule has 0 saturated heterocycles. The van der Waals surface area contributed by atoms with Gasteiger partial charge in [-0.2, -0.15) is 5.10 Å². The minimum absolute atomic E-state index is 0.0766. The van der Waals surface area contributed by atoms with E-state index >= 15 is 0 Å². The Labute approximate surface area is 176 Å². The summed E-state index contributed by atoms with van der Waals surface area (Å²) in [5.41, 5.74) is 4.41. The van der Waals surface area contributed by atoms with E-state index in [1.807, 2.05) is 49.4 Å². The molecular formula is C24H26N4O2. The molecular weight excluding hydrogens is 376 g/mol. The smallest absolute Gasteiger partial charge is 0.268 e. The van der Waals surface area contributed by atoms with E-state index in [2.05, 4.69) is 39.9 Å². The van der Waals surface area contributed by atoms with Crippen LogP contribution in [0.3, 0.4) is 0 Å². The zero-order chi connectivity index (χ0) is 21.1. The first-order valence-corrected chi connectivity index (χ1v) is 10.4. The van der Waals surface area contributed by atoms with E-state index in [9.17, 15) is 9.59 Å². The Balaban J connectivity index is 1.46. The Morgan fingerprint density at radius 3 is 2.57 bits per heavy atom. The van der Waals surface area contributed by atoms with Crippen molar-refractivity contribution in [2.45, 2.75) is 39.2 Å². The fraction of sp³-hybridized carbons (Fsp3) is 0.333. The van der Waals surface area contributed by atoms with Gasteiger partial charge in [0.1, 0.15) is 11.8 Å². The van der Waals surface area contributed by atoms with Crippen molar-refractivity contribution in [1.29, 1.82) is 0 Å². The van der Waals surface area contributed by atoms with Gasteiger partial charge in [-0.3, -0.25) is 9.59 Å². The number of nitrogens with zero attached hydrogens (tertiary/aromatic N) is 2. The number of rotatable bonds is 4. The largest absolute Gasteiger partial charge is 0.339 e. The van der Waals surface area contributed by atoms with E-state index in [-0.39, 0.29) is 23.7 Å². The SMILES string of the molecule is CC1C(Cc2ccccc2)=NN=C(C(=O)N[C@H]2CCc3ccccc3NC2=O)[C@H]1C. The van der Waals surface area contributed by atoms with Gasteiger partial charge in [0.05, 0.1) is 0 Å². The van der Waals surface area contributed by atoms with Crippen LogP contribution in [0.15, 0.2) is 64.8 Å². The fourth-order valence-corrected chi connectivity index (χ4v) is 3.96. The van der Waals surface area contributed by atoms with Crippen molar-refractivity contribution in [1.82, 2.24) is 5.32 Å². The number of amides is 2. The van der Waals surface area contributed by atoms with Crippen LogP contribution in [-0.2, 0) is 22.4 Å². The summed E-state index contributed by atoms with van der Waals surface area (Å²) in [7, 11) is 0. The quantitative estimate of drug-likeness (QED) is 0.822. The zero-order valence-corrected chi connectivity index (χ0v) is 17.3. The summed E-state index contributed by atoms with van der Waals surface area (Å²) in [6.45, 7) is 4.06. The predicted octanol–water partition coefficient (Wildman–Crippen LogP) is 3.38. The summed E-state index contributed by atoms with van der Waals surface area (Å²) in [5, 5.41) is 14.4. The predicted molar refractivity (Wildman–Crippen MR) is 119 cm³/mol. The van der Waals surface area contributed by atoms with Crippen LogP contribution in [0.5, 0.6) is 0 Å². The number of hydrogen-bond acceptors (Lipinski definition) is 4. The molecule has 0 radical (unpaired) electrons. The van der Waals surface area contributed by atoms with Crippen molar-refractivity contribution in [2.75, 3.05) is 5.32 Å². The first kappa shape index (κ1) is 20.0. The Morgan fingerprint density at radius 2 is 1.77 bits per heavy atom. The first-order chi connectivity index (χ1) is 14.5. The average molecular weight is 402 g/mol. The molecule has 1 unspecified atom stereocenters. The van der Waals surface area contributed by atoms with Gasteiger partial charge in [-0.15, -0.1) is 5.10 Å². The van der Waals surface area contributed by atoms with Gasteiger partial charge < -0.3 is 10.6 Å². The topological polar surface area (TPSA) is 82.9 Å². The molecule has 2 amide bonds. The monoisotopic (exact) mass is 402 g/mol. The molecule has 0 spiro atoms. The number of aryl methyl sites for hydroxylation is 1. The third kappa shape index (κ3) is 4.17. The van der Waals surface area contributed by atoms with Crippen LogP contribution in [0.4, 0.5) is 5.69 Å². The van der Waals surface area contributed by atoms with Crippen molar-refractivity contribution in [3.63, 3.8) is 0 Å². The lowest BCUT2D eigenvalue weighted by Crippen LogP contribution is -2.48. The number of nitrogens with one attached hydrogen (secondary N) is 2. The van der Waals surface area contributed by atoms with Crippen molar-refractivity contribution < 1.29 is 9.59 Å². The number of carbonyl (C=O) groups is 2. The average Bonchev–Trinajstić information content (AvgIpc) is 2.91. The molecule has 0 bridgehead atoms. The summed E-state index contributed by atoms with van der Waals surface area (Å²) in [6, 6.07) is 17.3. The lowest BCUT2D eigenvalue weighted by Gasteiger charge is -2.26. The maximum Gasteiger partial charge on any atom is 0.268 e. The zero-order valence-electron chi connectivity index (χ0n) is 17.3. The highest BCUT2D eigenvalue weighted by molar-refractivity contribution is 6.40. The molecule has 6 nitrogen and oxygen atoms in total. The number of para-hydroxylation sites is 1. The number of carbonyl (C=O) groups excluding carboxylic acids is 2. The van der Waals surface area contributed by atoms with Gasteiger partial charge in [-0.1, -0.05) is 62.4 Å². The standard InChI is InChI=1S/C24H26N4O2/c1-15-16(2)22(28-27-21(15)14-17-8-4-3-5-9-17)24(30)26-20-13-12-18-10-6-7-11-19(18)25-23(20)29/h3-11,15-16,20H,12-14H2,1-2H3,(H,25,29)(H,26,30)/t15?,16-,20-/m0/s1. The van der Waals surface area contributed by atoms with Crippen LogP contribution in [-0.4, -0.2) is 29.3 Å². The van der Waals surface area contributed by atoms with Crippen LogP contribution in [0.1, 0.15) is 31.4 Å². The van der Waals surface area contributed by atoms with Crippen molar-refractivity contribution >= 4 is 28.9 Å². The second-order valence-corrected chi connectivity index (χ2v) is 8.03. The summed E-state index contributed by atoms with van der Waals surface area (Å²) in [5.74, 6) is -0.496. The molecule has 2 aliphatic heterocycles. The molecule has 0 aliphatic carbocycles. The van der Waals surface area contributed by atoms with Crippen LogP contribution >= 0.6 is 0 Å². The van der Waals surface area contributed by atoms with Crippen molar-refractivity contribution in [3.05, 3.63) is 65.7 Å². The summed E-state index contributed by atoms with van der Waals surface area (Å²) in [6.07, 6.45) is 1.99. The summed E-state index contributed by atoms with van der Waals surface area (Å²) < 4.78 is 0. The van der Waals surface area contributed by atoms with E-state index in [1.54, 1.807) is 0 Å². The number of hydrogen-bond donors (Lipinski definition) is 2. The molecule has 2 aromatic rings.